The second-order valence-corrected chi connectivity index (χ2v) is 9.32. The SMILES string of the molecule is COC(=O)c1ccc(C(=O)NNC(=O)c2ccc(N3CCN(CC4CCCCC4)CC3)cc2)cc1. The molecule has 0 aromatic heterocycles. The number of benzene rings is 2. The lowest BCUT2D eigenvalue weighted by Crippen LogP contribution is -2.48. The van der Waals surface area contributed by atoms with E-state index in [1.807, 2.05) is 12.1 Å². The molecule has 2 aliphatic rings. The van der Waals surface area contributed by atoms with E-state index >= 15 is 0 Å². The molecule has 8 heteroatoms. The van der Waals surface area contributed by atoms with Gasteiger partial charge in [-0.25, -0.2) is 4.79 Å². The summed E-state index contributed by atoms with van der Waals surface area (Å²) in [4.78, 5) is 41.2. The van der Waals surface area contributed by atoms with E-state index in [1.165, 1.54) is 70.0 Å². The van der Waals surface area contributed by atoms with Crippen LogP contribution in [0.4, 0.5) is 5.69 Å². The van der Waals surface area contributed by atoms with Gasteiger partial charge in [0.25, 0.3) is 11.8 Å². The number of hydrazine groups is 1. The summed E-state index contributed by atoms with van der Waals surface area (Å²) in [5, 5.41) is 0. The van der Waals surface area contributed by atoms with E-state index in [9.17, 15) is 14.4 Å². The highest BCUT2D eigenvalue weighted by molar-refractivity contribution is 5.99. The highest BCUT2D eigenvalue weighted by Crippen LogP contribution is 2.25. The third-order valence-electron chi connectivity index (χ3n) is 6.97. The molecule has 186 valence electrons. The third-order valence-corrected chi connectivity index (χ3v) is 6.97. The normalized spacial score (nSPS) is 17.0. The summed E-state index contributed by atoms with van der Waals surface area (Å²) in [6, 6.07) is 13.5. The number of methoxy groups -OCH3 is 1. The Morgan fingerprint density at radius 1 is 0.771 bits per heavy atom. The Kier molecular flexibility index (Phi) is 8.36. The van der Waals surface area contributed by atoms with Crippen LogP contribution in [0.5, 0.6) is 0 Å². The molecule has 2 aromatic rings. The van der Waals surface area contributed by atoms with Crippen molar-refractivity contribution >= 4 is 23.5 Å². The Bertz CT molecular complexity index is 1010. The van der Waals surface area contributed by atoms with Crippen LogP contribution in [0.1, 0.15) is 63.2 Å². The molecule has 2 amide bonds. The fraction of sp³-hybridized carbons (Fsp3) is 0.444. The van der Waals surface area contributed by atoms with E-state index in [-0.39, 0.29) is 0 Å². The molecule has 8 nitrogen and oxygen atoms in total. The molecule has 0 bridgehead atoms. The van der Waals surface area contributed by atoms with Crippen molar-refractivity contribution in [3.05, 3.63) is 65.2 Å². The van der Waals surface area contributed by atoms with Crippen LogP contribution in [0, 0.1) is 5.92 Å². The monoisotopic (exact) mass is 478 g/mol. The van der Waals surface area contributed by atoms with Crippen molar-refractivity contribution in [2.24, 2.45) is 5.92 Å². The lowest BCUT2D eigenvalue weighted by molar-refractivity contribution is 0.0600. The maximum Gasteiger partial charge on any atom is 0.337 e. The Morgan fingerprint density at radius 3 is 1.83 bits per heavy atom. The summed E-state index contributed by atoms with van der Waals surface area (Å²) in [7, 11) is 1.30. The molecule has 0 radical (unpaired) electrons. The predicted octanol–water partition coefficient (Wildman–Crippen LogP) is 3.25. The van der Waals surface area contributed by atoms with E-state index in [0.29, 0.717) is 16.7 Å². The van der Waals surface area contributed by atoms with Gasteiger partial charge in [0.15, 0.2) is 0 Å². The minimum Gasteiger partial charge on any atom is -0.465 e. The molecule has 4 rings (SSSR count). The minimum atomic E-state index is -0.477. The molecular formula is C27H34N4O4. The quantitative estimate of drug-likeness (QED) is 0.489. The van der Waals surface area contributed by atoms with Crippen molar-refractivity contribution in [1.29, 1.82) is 0 Å². The van der Waals surface area contributed by atoms with Gasteiger partial charge in [0, 0.05) is 49.5 Å². The van der Waals surface area contributed by atoms with Gasteiger partial charge in [-0.05, 0) is 67.3 Å². The highest BCUT2D eigenvalue weighted by atomic mass is 16.5. The maximum atomic E-state index is 12.5. The number of nitrogens with zero attached hydrogens (tertiary/aromatic N) is 2. The van der Waals surface area contributed by atoms with Gasteiger partial charge in [0.1, 0.15) is 0 Å². The third kappa shape index (κ3) is 6.60. The number of esters is 1. The average molecular weight is 479 g/mol. The summed E-state index contributed by atoms with van der Waals surface area (Å²) in [5.74, 6) is -0.478. The van der Waals surface area contributed by atoms with Gasteiger partial charge in [-0.15, -0.1) is 0 Å². The second kappa shape index (κ2) is 11.8. The van der Waals surface area contributed by atoms with Gasteiger partial charge in [0.2, 0.25) is 0 Å². The first-order chi connectivity index (χ1) is 17.0. The van der Waals surface area contributed by atoms with E-state index in [0.717, 1.165) is 37.8 Å². The first-order valence-electron chi connectivity index (χ1n) is 12.4. The van der Waals surface area contributed by atoms with Crippen LogP contribution >= 0.6 is 0 Å². The Labute approximate surface area is 206 Å². The predicted molar refractivity (Wildman–Crippen MR) is 134 cm³/mol. The van der Waals surface area contributed by atoms with Crippen LogP contribution in [-0.4, -0.2) is 62.5 Å². The zero-order valence-electron chi connectivity index (χ0n) is 20.3. The van der Waals surface area contributed by atoms with Crippen LogP contribution in [-0.2, 0) is 4.74 Å². The molecular weight excluding hydrogens is 444 g/mol. The Balaban J connectivity index is 1.23. The molecule has 2 aromatic carbocycles. The number of nitrogens with one attached hydrogen (secondary N) is 2. The largest absolute Gasteiger partial charge is 0.465 e. The number of ether oxygens (including phenoxy) is 1. The number of hydrogen-bond donors (Lipinski definition) is 2. The van der Waals surface area contributed by atoms with Crippen molar-refractivity contribution in [1.82, 2.24) is 15.8 Å². The molecule has 1 heterocycles. The topological polar surface area (TPSA) is 91.0 Å². The molecule has 2 N–H and O–H groups in total. The summed E-state index contributed by atoms with van der Waals surface area (Å²) in [6.07, 6.45) is 6.94. The summed E-state index contributed by atoms with van der Waals surface area (Å²) in [5.41, 5.74) is 7.08. The van der Waals surface area contributed by atoms with Gasteiger partial charge >= 0.3 is 5.97 Å². The van der Waals surface area contributed by atoms with E-state index in [4.69, 9.17) is 0 Å². The highest BCUT2D eigenvalue weighted by Gasteiger charge is 2.22. The van der Waals surface area contributed by atoms with Gasteiger partial charge in [0.05, 0.1) is 12.7 Å². The summed E-state index contributed by atoms with van der Waals surface area (Å²) in [6.45, 7) is 5.36. The van der Waals surface area contributed by atoms with E-state index in [2.05, 4.69) is 25.4 Å². The number of rotatable bonds is 6. The fourth-order valence-corrected chi connectivity index (χ4v) is 4.88. The molecule has 1 aliphatic heterocycles. The summed E-state index contributed by atoms with van der Waals surface area (Å²) >= 11 is 0. The molecule has 1 saturated carbocycles. The maximum absolute atomic E-state index is 12.5. The number of carbonyl (C=O) groups is 3. The second-order valence-electron chi connectivity index (χ2n) is 9.32. The fourth-order valence-electron chi connectivity index (χ4n) is 4.88. The molecule has 1 aliphatic carbocycles. The molecule has 2 fully saturated rings. The number of carbonyl (C=O) groups excluding carboxylic acids is 3. The smallest absolute Gasteiger partial charge is 0.337 e. The first-order valence-corrected chi connectivity index (χ1v) is 12.4. The zero-order chi connectivity index (χ0) is 24.6. The molecule has 0 spiro atoms. The van der Waals surface area contributed by atoms with Gasteiger partial charge in [-0.1, -0.05) is 19.3 Å². The van der Waals surface area contributed by atoms with Crippen molar-refractivity contribution in [2.75, 3.05) is 44.7 Å². The summed E-state index contributed by atoms with van der Waals surface area (Å²) < 4.78 is 4.64. The average Bonchev–Trinajstić information content (AvgIpc) is 2.92. The Morgan fingerprint density at radius 2 is 1.29 bits per heavy atom. The van der Waals surface area contributed by atoms with Crippen molar-refractivity contribution in [3.63, 3.8) is 0 Å². The number of anilines is 1. The Hall–Kier alpha value is -3.39. The molecule has 35 heavy (non-hydrogen) atoms. The zero-order valence-corrected chi connectivity index (χ0v) is 20.3. The van der Waals surface area contributed by atoms with E-state index < -0.39 is 17.8 Å². The number of piperazine rings is 1. The van der Waals surface area contributed by atoms with Crippen molar-refractivity contribution < 1.29 is 19.1 Å². The molecule has 0 unspecified atom stereocenters. The van der Waals surface area contributed by atoms with Crippen LogP contribution < -0.4 is 15.8 Å². The van der Waals surface area contributed by atoms with Crippen LogP contribution in [0.15, 0.2) is 48.5 Å². The minimum absolute atomic E-state index is 0.316. The molecule has 1 saturated heterocycles. The first kappa shape index (κ1) is 24.7. The van der Waals surface area contributed by atoms with Gasteiger partial charge < -0.3 is 9.64 Å². The lowest BCUT2D eigenvalue weighted by Gasteiger charge is -2.38. The van der Waals surface area contributed by atoms with Crippen LogP contribution in [0.25, 0.3) is 0 Å². The van der Waals surface area contributed by atoms with Crippen molar-refractivity contribution in [3.8, 4) is 0 Å². The standard InChI is InChI=1S/C27H34N4O4/c1-35-27(34)23-9-7-21(8-10-23)25(32)28-29-26(33)22-11-13-24(14-12-22)31-17-15-30(16-18-31)19-20-5-3-2-4-6-20/h7-14,20H,2-6,15-19H2,1H3,(H,28,32)(H,29,33). The van der Waals surface area contributed by atoms with Gasteiger partial charge in [-0.3, -0.25) is 25.3 Å². The van der Waals surface area contributed by atoms with E-state index in [1.54, 1.807) is 12.1 Å². The van der Waals surface area contributed by atoms with Crippen molar-refractivity contribution in [2.45, 2.75) is 32.1 Å². The number of hydrogen-bond acceptors (Lipinski definition) is 6. The van der Waals surface area contributed by atoms with Crippen LogP contribution in [0.2, 0.25) is 0 Å². The van der Waals surface area contributed by atoms with Crippen LogP contribution in [0.3, 0.4) is 0 Å². The lowest BCUT2D eigenvalue weighted by atomic mass is 9.89. The number of amides is 2. The van der Waals surface area contributed by atoms with Gasteiger partial charge in [-0.2, -0.15) is 0 Å². The molecule has 0 atom stereocenters.